The molecule has 0 aromatic rings. The van der Waals surface area contributed by atoms with E-state index in [1.807, 2.05) is 6.92 Å². The highest BCUT2D eigenvalue weighted by Gasteiger charge is 2.66. The number of amides is 1. The summed E-state index contributed by atoms with van der Waals surface area (Å²) < 4.78 is 63.6. The maximum Gasteiger partial charge on any atom is 0.338 e. The van der Waals surface area contributed by atoms with Gasteiger partial charge in [0.2, 0.25) is 11.7 Å². The van der Waals surface area contributed by atoms with Gasteiger partial charge < -0.3 is 33.9 Å². The lowest BCUT2D eigenvalue weighted by Crippen LogP contribution is -2.61. The summed E-state index contributed by atoms with van der Waals surface area (Å²) in [7, 11) is -4.12. The molecule has 5 saturated heterocycles. The van der Waals surface area contributed by atoms with Crippen LogP contribution in [0.25, 0.3) is 0 Å². The van der Waals surface area contributed by atoms with Gasteiger partial charge in [0.1, 0.15) is 31.0 Å². The van der Waals surface area contributed by atoms with E-state index in [1.54, 1.807) is 32.6 Å². The van der Waals surface area contributed by atoms with Crippen LogP contribution in [0.3, 0.4) is 0 Å². The van der Waals surface area contributed by atoms with Gasteiger partial charge in [-0.3, -0.25) is 8.98 Å². The van der Waals surface area contributed by atoms with Gasteiger partial charge in [-0.05, 0) is 59.3 Å². The minimum atomic E-state index is -4.12. The fraction of sp³-hybridized carbons (Fsp3) is 0.926. The van der Waals surface area contributed by atoms with Crippen molar-refractivity contribution in [2.45, 2.75) is 115 Å². The van der Waals surface area contributed by atoms with Crippen LogP contribution in [0.15, 0.2) is 0 Å². The van der Waals surface area contributed by atoms with Crippen LogP contribution in [0.1, 0.15) is 67.7 Å². The molecule has 0 aliphatic carbocycles. The molecule has 0 spiro atoms. The molecule has 14 heteroatoms. The van der Waals surface area contributed by atoms with E-state index in [0.717, 1.165) is 0 Å². The van der Waals surface area contributed by atoms with Crippen molar-refractivity contribution >= 4 is 16.2 Å². The number of carbonyl (C=O) groups excluding carboxylic acids is 1. The van der Waals surface area contributed by atoms with E-state index >= 15 is 0 Å². The second kappa shape index (κ2) is 10.3. The number of nitriles is 1. The zero-order chi connectivity index (χ0) is 30.1. The third-order valence-electron chi connectivity index (χ3n) is 8.68. The van der Waals surface area contributed by atoms with Crippen molar-refractivity contribution in [3.8, 4) is 6.07 Å². The molecule has 5 atom stereocenters. The van der Waals surface area contributed by atoms with Gasteiger partial charge in [-0.2, -0.15) is 18.0 Å². The molecule has 1 amide bonds. The lowest BCUT2D eigenvalue weighted by Gasteiger charge is -2.41. The first-order valence-corrected chi connectivity index (χ1v) is 15.7. The Bertz CT molecular complexity index is 1180. The second-order valence-electron chi connectivity index (χ2n) is 13.9. The van der Waals surface area contributed by atoms with Crippen LogP contribution in [0.5, 0.6) is 0 Å². The predicted octanol–water partition coefficient (Wildman–Crippen LogP) is 1.24. The normalized spacial score (nSPS) is 37.4. The molecular weight excluding hydrogens is 556 g/mol. The largest absolute Gasteiger partial charge is 0.343 e. The van der Waals surface area contributed by atoms with Gasteiger partial charge in [0.25, 0.3) is 0 Å². The van der Waals surface area contributed by atoms with E-state index in [0.29, 0.717) is 25.8 Å². The van der Waals surface area contributed by atoms with E-state index in [2.05, 4.69) is 25.2 Å². The summed E-state index contributed by atoms with van der Waals surface area (Å²) in [5.41, 5.74) is -0.535. The molecule has 41 heavy (non-hydrogen) atoms. The number of likely N-dealkylation sites (tertiary alicyclic amines) is 1. The van der Waals surface area contributed by atoms with Crippen molar-refractivity contribution in [3.05, 3.63) is 0 Å². The molecule has 5 heterocycles. The molecule has 5 aliphatic rings. The Morgan fingerprint density at radius 1 is 1.05 bits per heavy atom. The molecular formula is C27H44N4O9S. The molecule has 232 valence electrons. The number of fused-ring (bicyclic) bond motifs is 3. The van der Waals surface area contributed by atoms with Crippen LogP contribution in [-0.2, 0) is 43.0 Å². The lowest BCUT2D eigenvalue weighted by molar-refractivity contribution is -0.290. The molecule has 0 aromatic carbocycles. The highest BCUT2D eigenvalue weighted by atomic mass is 32.2. The van der Waals surface area contributed by atoms with Crippen molar-refractivity contribution < 1.29 is 41.1 Å². The molecule has 0 unspecified atom stereocenters. The predicted molar refractivity (Wildman–Crippen MR) is 144 cm³/mol. The smallest absolute Gasteiger partial charge is 0.338 e. The summed E-state index contributed by atoms with van der Waals surface area (Å²) in [5, 5.41) is 12.8. The maximum atomic E-state index is 13.3. The maximum absolute atomic E-state index is 13.3. The van der Waals surface area contributed by atoms with Crippen LogP contribution in [-0.4, -0.2) is 110 Å². The fourth-order valence-electron chi connectivity index (χ4n) is 6.60. The van der Waals surface area contributed by atoms with Crippen LogP contribution < -0.4 is 5.32 Å². The number of rotatable bonds is 7. The van der Waals surface area contributed by atoms with Crippen LogP contribution in [0.4, 0.5) is 0 Å². The second-order valence-corrected chi connectivity index (χ2v) is 15.5. The standard InChI is InChI=1S/C27H44N4O9S/c1-23(2)12-18(13-28)31(16-23)20(32)14-29-26(7)8-10-30(11-9-26)41(33,34)36-17-27-22(39-25(5,6)40-27)21-19(15-35-27)37-24(3,4)38-21/h18-19,21-22,29H,8-12,14-17H2,1-7H3/t18-,19+,21+,22-,27-/m0/s1. The van der Waals surface area contributed by atoms with Crippen molar-refractivity contribution in [2.24, 2.45) is 5.41 Å². The molecule has 13 nitrogen and oxygen atoms in total. The first kappa shape index (κ1) is 31.0. The number of piperidine rings is 1. The Morgan fingerprint density at radius 3 is 2.39 bits per heavy atom. The average molecular weight is 601 g/mol. The summed E-state index contributed by atoms with van der Waals surface area (Å²) in [4.78, 5) is 14.6. The minimum absolute atomic E-state index is 0.0904. The van der Waals surface area contributed by atoms with Gasteiger partial charge in [0, 0.05) is 25.2 Å². The van der Waals surface area contributed by atoms with Crippen LogP contribution >= 0.6 is 0 Å². The number of carbonyl (C=O) groups is 1. The van der Waals surface area contributed by atoms with E-state index in [9.17, 15) is 18.5 Å². The molecule has 0 bridgehead atoms. The molecule has 0 aromatic heterocycles. The highest BCUT2D eigenvalue weighted by Crippen LogP contribution is 2.47. The van der Waals surface area contributed by atoms with E-state index in [1.165, 1.54) is 4.31 Å². The fourth-order valence-corrected chi connectivity index (χ4v) is 7.69. The lowest BCUT2D eigenvalue weighted by atomic mass is 9.90. The summed E-state index contributed by atoms with van der Waals surface area (Å²) in [6.07, 6.45) is -0.0124. The number of nitrogens with one attached hydrogen (secondary N) is 1. The zero-order valence-corrected chi connectivity index (χ0v) is 25.9. The Hall–Kier alpha value is -1.41. The molecule has 0 saturated carbocycles. The van der Waals surface area contributed by atoms with Crippen LogP contribution in [0, 0.1) is 16.7 Å². The number of hydrogen-bond acceptors (Lipinski definition) is 11. The van der Waals surface area contributed by atoms with Gasteiger partial charge in [-0.1, -0.05) is 13.8 Å². The van der Waals surface area contributed by atoms with Crippen molar-refractivity contribution in [2.75, 3.05) is 39.4 Å². The van der Waals surface area contributed by atoms with Crippen molar-refractivity contribution in [1.82, 2.24) is 14.5 Å². The SMILES string of the molecule is CC1(C)C[C@@H](C#N)N(C(=O)CNC2(C)CCN(S(=O)(=O)OC[C@@]34OC[C@H]5OC(C)(C)O[C@H]5[C@@H]3OC(C)(C)O4)CC2)C1. The third-order valence-corrected chi connectivity index (χ3v) is 10.1. The number of nitrogens with zero attached hydrogens (tertiary/aromatic N) is 3. The molecule has 0 radical (unpaired) electrons. The summed E-state index contributed by atoms with van der Waals surface area (Å²) in [5.74, 6) is -3.47. The molecule has 5 rings (SSSR count). The van der Waals surface area contributed by atoms with Gasteiger partial charge in [0.15, 0.2) is 11.6 Å². The average Bonchev–Trinajstić information content (AvgIpc) is 3.47. The Balaban J connectivity index is 1.16. The van der Waals surface area contributed by atoms with Crippen LogP contribution in [0.2, 0.25) is 0 Å². The zero-order valence-electron chi connectivity index (χ0n) is 25.1. The van der Waals surface area contributed by atoms with Crippen molar-refractivity contribution in [3.63, 3.8) is 0 Å². The summed E-state index contributed by atoms with van der Waals surface area (Å²) in [6.45, 7) is 14.0. The summed E-state index contributed by atoms with van der Waals surface area (Å²) in [6, 6.07) is 1.82. The Morgan fingerprint density at radius 2 is 1.73 bits per heavy atom. The van der Waals surface area contributed by atoms with E-state index in [-0.39, 0.29) is 43.7 Å². The van der Waals surface area contributed by atoms with Gasteiger partial charge in [0.05, 0.1) is 19.2 Å². The third kappa shape index (κ3) is 6.30. The first-order chi connectivity index (χ1) is 18.9. The summed E-state index contributed by atoms with van der Waals surface area (Å²) >= 11 is 0. The van der Waals surface area contributed by atoms with Crippen molar-refractivity contribution in [1.29, 1.82) is 5.26 Å². The topological polar surface area (TPSA) is 149 Å². The quantitative estimate of drug-likeness (QED) is 0.450. The molecule has 5 aliphatic heterocycles. The minimum Gasteiger partial charge on any atom is -0.343 e. The number of hydrogen-bond donors (Lipinski definition) is 1. The molecule has 1 N–H and O–H groups in total. The van der Waals surface area contributed by atoms with Gasteiger partial charge in [-0.15, -0.1) is 0 Å². The van der Waals surface area contributed by atoms with E-state index in [4.69, 9.17) is 27.9 Å². The number of ether oxygens (including phenoxy) is 5. The van der Waals surface area contributed by atoms with Gasteiger partial charge in [-0.25, -0.2) is 0 Å². The monoisotopic (exact) mass is 600 g/mol. The first-order valence-electron chi connectivity index (χ1n) is 14.3. The Labute approximate surface area is 242 Å². The van der Waals surface area contributed by atoms with E-state index < -0.39 is 58.1 Å². The Kier molecular flexibility index (Phi) is 7.83. The molecule has 5 fully saturated rings. The van der Waals surface area contributed by atoms with Gasteiger partial charge >= 0.3 is 10.3 Å². The highest BCUT2D eigenvalue weighted by molar-refractivity contribution is 7.84.